The van der Waals surface area contributed by atoms with Crippen LogP contribution >= 0.6 is 0 Å². The van der Waals surface area contributed by atoms with Crippen LogP contribution in [0.25, 0.3) is 0 Å². The monoisotopic (exact) mass is 205 g/mol. The Hall–Kier alpha value is -1.19. The Morgan fingerprint density at radius 1 is 1.53 bits per heavy atom. The Balaban J connectivity index is 2.12. The maximum Gasteiger partial charge on any atom is 0.192 e. The van der Waals surface area contributed by atoms with E-state index in [-0.39, 0.29) is 11.9 Å². The van der Waals surface area contributed by atoms with Crippen molar-refractivity contribution in [2.75, 3.05) is 19.7 Å². The van der Waals surface area contributed by atoms with Crippen molar-refractivity contribution in [1.29, 1.82) is 0 Å². The average molecular weight is 205 g/mol. The normalized spacial score (nSPS) is 21.3. The molecule has 0 bridgehead atoms. The van der Waals surface area contributed by atoms with Gasteiger partial charge in [0.1, 0.15) is 6.10 Å². The Bertz CT molecular complexity index is 356. The number of benzene rings is 1. The van der Waals surface area contributed by atoms with Gasteiger partial charge in [-0.3, -0.25) is 4.79 Å². The van der Waals surface area contributed by atoms with Gasteiger partial charge < -0.3 is 10.1 Å². The Labute approximate surface area is 89.4 Å². The van der Waals surface area contributed by atoms with Crippen LogP contribution in [0.4, 0.5) is 0 Å². The lowest BCUT2D eigenvalue weighted by Gasteiger charge is -2.22. The van der Waals surface area contributed by atoms with Gasteiger partial charge in [0.05, 0.1) is 6.61 Å². The van der Waals surface area contributed by atoms with Gasteiger partial charge >= 0.3 is 0 Å². The Morgan fingerprint density at radius 3 is 3.07 bits per heavy atom. The Kier molecular flexibility index (Phi) is 3.14. The van der Waals surface area contributed by atoms with Gasteiger partial charge in [0.15, 0.2) is 5.78 Å². The highest BCUT2D eigenvalue weighted by Crippen LogP contribution is 2.10. The first-order valence-electron chi connectivity index (χ1n) is 5.20. The average Bonchev–Trinajstić information content (AvgIpc) is 2.29. The van der Waals surface area contributed by atoms with Gasteiger partial charge in [0.2, 0.25) is 0 Å². The van der Waals surface area contributed by atoms with Crippen molar-refractivity contribution in [3.05, 3.63) is 35.4 Å². The number of hydrogen-bond donors (Lipinski definition) is 1. The second-order valence-corrected chi connectivity index (χ2v) is 3.80. The number of Topliss-reactive ketones (excluding diaryl/α,β-unsaturated/α-hetero) is 1. The molecule has 1 fully saturated rings. The molecule has 1 saturated heterocycles. The van der Waals surface area contributed by atoms with Gasteiger partial charge in [-0.25, -0.2) is 0 Å². The van der Waals surface area contributed by atoms with Crippen LogP contribution in [0.2, 0.25) is 0 Å². The summed E-state index contributed by atoms with van der Waals surface area (Å²) in [5.74, 6) is 0.0749. The standard InChI is InChI=1S/C12H15NO2/c1-9-3-2-4-10(7-9)12(14)11-8-13-5-6-15-11/h2-4,7,11,13H,5-6,8H2,1H3. The van der Waals surface area contributed by atoms with Crippen molar-refractivity contribution in [2.24, 2.45) is 0 Å². The number of rotatable bonds is 2. The number of carbonyl (C=O) groups excluding carboxylic acids is 1. The summed E-state index contributed by atoms with van der Waals surface area (Å²) in [7, 11) is 0. The van der Waals surface area contributed by atoms with Gasteiger partial charge in [-0.05, 0) is 13.0 Å². The van der Waals surface area contributed by atoms with E-state index in [4.69, 9.17) is 4.74 Å². The SMILES string of the molecule is Cc1cccc(C(=O)C2CNCCO2)c1. The zero-order valence-electron chi connectivity index (χ0n) is 8.82. The molecule has 0 aliphatic carbocycles. The molecule has 3 nitrogen and oxygen atoms in total. The number of aryl methyl sites for hydroxylation is 1. The molecule has 15 heavy (non-hydrogen) atoms. The van der Waals surface area contributed by atoms with E-state index in [1.807, 2.05) is 31.2 Å². The number of carbonyl (C=O) groups is 1. The third-order valence-electron chi connectivity index (χ3n) is 2.52. The first-order chi connectivity index (χ1) is 7.27. The third-order valence-corrected chi connectivity index (χ3v) is 2.52. The Morgan fingerprint density at radius 2 is 2.40 bits per heavy atom. The molecule has 1 N–H and O–H groups in total. The molecule has 0 radical (unpaired) electrons. The molecule has 1 unspecified atom stereocenters. The van der Waals surface area contributed by atoms with Crippen LogP contribution < -0.4 is 5.32 Å². The van der Waals surface area contributed by atoms with Crippen molar-refractivity contribution >= 4 is 5.78 Å². The van der Waals surface area contributed by atoms with Crippen LogP contribution in [-0.2, 0) is 4.74 Å². The number of hydrogen-bond acceptors (Lipinski definition) is 3. The van der Waals surface area contributed by atoms with E-state index in [1.165, 1.54) is 0 Å². The second-order valence-electron chi connectivity index (χ2n) is 3.80. The summed E-state index contributed by atoms with van der Waals surface area (Å²) in [6.45, 7) is 4.04. The molecule has 2 rings (SSSR count). The molecule has 1 aromatic rings. The first kappa shape index (κ1) is 10.3. The van der Waals surface area contributed by atoms with E-state index in [0.717, 1.165) is 17.7 Å². The van der Waals surface area contributed by atoms with Crippen molar-refractivity contribution in [3.63, 3.8) is 0 Å². The lowest BCUT2D eigenvalue weighted by Crippen LogP contribution is -2.43. The molecular weight excluding hydrogens is 190 g/mol. The second kappa shape index (κ2) is 4.55. The van der Waals surface area contributed by atoms with Gasteiger partial charge in [-0.15, -0.1) is 0 Å². The van der Waals surface area contributed by atoms with Crippen LogP contribution in [0.3, 0.4) is 0 Å². The molecule has 1 heterocycles. The van der Waals surface area contributed by atoms with Gasteiger partial charge in [0.25, 0.3) is 0 Å². The molecule has 0 amide bonds. The summed E-state index contributed by atoms with van der Waals surface area (Å²) in [6.07, 6.45) is -0.319. The van der Waals surface area contributed by atoms with Gasteiger partial charge in [-0.1, -0.05) is 23.8 Å². The largest absolute Gasteiger partial charge is 0.367 e. The van der Waals surface area contributed by atoms with E-state index in [2.05, 4.69) is 5.32 Å². The summed E-state index contributed by atoms with van der Waals surface area (Å²) < 4.78 is 5.42. The molecule has 0 spiro atoms. The fourth-order valence-corrected chi connectivity index (χ4v) is 1.72. The maximum atomic E-state index is 12.0. The lowest BCUT2D eigenvalue weighted by atomic mass is 10.0. The smallest absolute Gasteiger partial charge is 0.192 e. The summed E-state index contributed by atoms with van der Waals surface area (Å²) in [4.78, 5) is 12.0. The number of ketones is 1. The van der Waals surface area contributed by atoms with Crippen molar-refractivity contribution in [2.45, 2.75) is 13.0 Å². The molecule has 0 aromatic heterocycles. The van der Waals surface area contributed by atoms with Gasteiger partial charge in [0, 0.05) is 18.7 Å². The van der Waals surface area contributed by atoms with Crippen LogP contribution in [0.15, 0.2) is 24.3 Å². The predicted octanol–water partition coefficient (Wildman–Crippen LogP) is 1.17. The predicted molar refractivity (Wildman–Crippen MR) is 58.1 cm³/mol. The van der Waals surface area contributed by atoms with Crippen molar-refractivity contribution in [3.8, 4) is 0 Å². The van der Waals surface area contributed by atoms with E-state index in [9.17, 15) is 4.79 Å². The molecule has 1 aliphatic rings. The zero-order chi connectivity index (χ0) is 10.7. The topological polar surface area (TPSA) is 38.3 Å². The van der Waals surface area contributed by atoms with E-state index in [0.29, 0.717) is 13.2 Å². The molecule has 3 heteroatoms. The molecule has 1 aromatic carbocycles. The quantitative estimate of drug-likeness (QED) is 0.736. The fourth-order valence-electron chi connectivity index (χ4n) is 1.72. The number of ether oxygens (including phenoxy) is 1. The number of nitrogens with one attached hydrogen (secondary N) is 1. The summed E-state index contributed by atoms with van der Waals surface area (Å²) in [5, 5.41) is 3.15. The highest BCUT2D eigenvalue weighted by atomic mass is 16.5. The molecule has 80 valence electrons. The summed E-state index contributed by atoms with van der Waals surface area (Å²) in [5.41, 5.74) is 1.84. The minimum Gasteiger partial charge on any atom is -0.367 e. The lowest BCUT2D eigenvalue weighted by molar-refractivity contribution is 0.0269. The highest BCUT2D eigenvalue weighted by Gasteiger charge is 2.22. The summed E-state index contributed by atoms with van der Waals surface area (Å²) in [6, 6.07) is 7.63. The van der Waals surface area contributed by atoms with E-state index in [1.54, 1.807) is 0 Å². The molecular formula is C12H15NO2. The highest BCUT2D eigenvalue weighted by molar-refractivity contribution is 5.99. The number of morpholine rings is 1. The van der Waals surface area contributed by atoms with Crippen LogP contribution in [0.5, 0.6) is 0 Å². The minimum atomic E-state index is -0.319. The minimum absolute atomic E-state index is 0.0749. The van der Waals surface area contributed by atoms with E-state index < -0.39 is 0 Å². The van der Waals surface area contributed by atoms with E-state index >= 15 is 0 Å². The molecule has 1 aliphatic heterocycles. The van der Waals surface area contributed by atoms with Crippen molar-refractivity contribution < 1.29 is 9.53 Å². The van der Waals surface area contributed by atoms with Crippen LogP contribution in [0, 0.1) is 6.92 Å². The van der Waals surface area contributed by atoms with Crippen LogP contribution in [0.1, 0.15) is 15.9 Å². The molecule has 0 saturated carbocycles. The van der Waals surface area contributed by atoms with Crippen molar-refractivity contribution in [1.82, 2.24) is 5.32 Å². The van der Waals surface area contributed by atoms with Crippen LogP contribution in [-0.4, -0.2) is 31.6 Å². The molecule has 1 atom stereocenters. The fraction of sp³-hybridized carbons (Fsp3) is 0.417. The summed E-state index contributed by atoms with van der Waals surface area (Å²) >= 11 is 0. The third kappa shape index (κ3) is 2.43. The first-order valence-corrected chi connectivity index (χ1v) is 5.20. The zero-order valence-corrected chi connectivity index (χ0v) is 8.82. The van der Waals surface area contributed by atoms with Gasteiger partial charge in [-0.2, -0.15) is 0 Å². The maximum absolute atomic E-state index is 12.0.